The maximum atomic E-state index is 13.1. The molecule has 0 spiro atoms. The van der Waals surface area contributed by atoms with Gasteiger partial charge >= 0.3 is 16.2 Å². The predicted molar refractivity (Wildman–Crippen MR) is 73.3 cm³/mol. The second-order valence-electron chi connectivity index (χ2n) is 4.77. The van der Waals surface area contributed by atoms with Gasteiger partial charge in [0.25, 0.3) is 0 Å². The van der Waals surface area contributed by atoms with Crippen LogP contribution in [0.4, 0.5) is 9.57 Å². The number of hydrogen-bond acceptors (Lipinski definition) is 5. The summed E-state index contributed by atoms with van der Waals surface area (Å²) in [5.74, 6) is -1.19. The molecule has 0 saturated carbocycles. The van der Waals surface area contributed by atoms with Crippen LogP contribution in [0.15, 0.2) is 18.2 Å². The zero-order chi connectivity index (χ0) is 15.8. The van der Waals surface area contributed by atoms with Crippen LogP contribution >= 0.6 is 0 Å². The maximum absolute atomic E-state index is 13.1. The molecule has 1 atom stereocenters. The highest BCUT2D eigenvalue weighted by Crippen LogP contribution is 2.31. The molecule has 1 aliphatic heterocycles. The molecule has 0 bridgehead atoms. The van der Waals surface area contributed by atoms with E-state index in [0.29, 0.717) is 5.56 Å². The Bertz CT molecular complexity index is 701. The van der Waals surface area contributed by atoms with Gasteiger partial charge in [0.2, 0.25) is 5.91 Å². The topological polar surface area (TPSA) is 80.8 Å². The first kappa shape index (κ1) is 15.4. The fourth-order valence-electron chi connectivity index (χ4n) is 2.37. The second kappa shape index (κ2) is 5.44. The van der Waals surface area contributed by atoms with Crippen molar-refractivity contribution in [2.75, 3.05) is 18.6 Å². The molecule has 0 radical (unpaired) electrons. The number of halogens is 1. The molecule has 1 aromatic carbocycles. The quantitative estimate of drug-likeness (QED) is 0.618. The standard InChI is InChI=1S/C13H14FNO5S/c1-8-4-3-5-10(13(17)20-2)12(8)15-7-9(6-11(15)16)21(14,18)19/h3-5,9H,6-7H2,1-2H3. The van der Waals surface area contributed by atoms with E-state index in [9.17, 15) is 21.9 Å². The number of amides is 1. The fourth-order valence-corrected chi connectivity index (χ4v) is 3.04. The van der Waals surface area contributed by atoms with Gasteiger partial charge in [-0.15, -0.1) is 3.89 Å². The Hall–Kier alpha value is -1.96. The largest absolute Gasteiger partial charge is 0.465 e. The summed E-state index contributed by atoms with van der Waals surface area (Å²) in [7, 11) is -3.60. The lowest BCUT2D eigenvalue weighted by Crippen LogP contribution is -2.29. The molecular formula is C13H14FNO5S. The maximum Gasteiger partial charge on any atom is 0.339 e. The van der Waals surface area contributed by atoms with E-state index in [2.05, 4.69) is 4.74 Å². The van der Waals surface area contributed by atoms with Gasteiger partial charge in [-0.1, -0.05) is 12.1 Å². The van der Waals surface area contributed by atoms with Crippen LogP contribution in [-0.2, 0) is 19.8 Å². The van der Waals surface area contributed by atoms with Crippen molar-refractivity contribution in [3.63, 3.8) is 0 Å². The van der Waals surface area contributed by atoms with Crippen molar-refractivity contribution in [2.24, 2.45) is 0 Å². The van der Waals surface area contributed by atoms with Crippen LogP contribution in [0.1, 0.15) is 22.3 Å². The van der Waals surface area contributed by atoms with Gasteiger partial charge in [-0.25, -0.2) is 4.79 Å². The molecular weight excluding hydrogens is 301 g/mol. The molecule has 1 fully saturated rings. The molecule has 1 aliphatic rings. The van der Waals surface area contributed by atoms with Crippen LogP contribution in [0.3, 0.4) is 0 Å². The van der Waals surface area contributed by atoms with Crippen molar-refractivity contribution in [3.05, 3.63) is 29.3 Å². The molecule has 1 saturated heterocycles. The normalized spacial score (nSPS) is 18.9. The monoisotopic (exact) mass is 315 g/mol. The molecule has 0 aromatic heterocycles. The lowest BCUT2D eigenvalue weighted by Gasteiger charge is -2.21. The van der Waals surface area contributed by atoms with Crippen molar-refractivity contribution in [2.45, 2.75) is 18.6 Å². The summed E-state index contributed by atoms with van der Waals surface area (Å²) >= 11 is 0. The van der Waals surface area contributed by atoms with Crippen LogP contribution in [-0.4, -0.2) is 39.2 Å². The number of carbonyl (C=O) groups excluding carboxylic acids is 2. The number of rotatable bonds is 3. The van der Waals surface area contributed by atoms with Crippen molar-refractivity contribution >= 4 is 27.8 Å². The lowest BCUT2D eigenvalue weighted by molar-refractivity contribution is -0.117. The van der Waals surface area contributed by atoms with E-state index < -0.39 is 33.8 Å². The summed E-state index contributed by atoms with van der Waals surface area (Å²) in [6.45, 7) is 1.36. The summed E-state index contributed by atoms with van der Waals surface area (Å²) in [4.78, 5) is 24.9. The van der Waals surface area contributed by atoms with Gasteiger partial charge in [-0.3, -0.25) is 4.79 Å². The third kappa shape index (κ3) is 2.90. The molecule has 1 amide bonds. The summed E-state index contributed by atoms with van der Waals surface area (Å²) < 4.78 is 39.7. The van der Waals surface area contributed by atoms with Crippen LogP contribution in [0.2, 0.25) is 0 Å². The number of nitrogens with zero attached hydrogens (tertiary/aromatic N) is 1. The average molecular weight is 315 g/mol. The number of hydrogen-bond donors (Lipinski definition) is 0. The molecule has 8 heteroatoms. The smallest absolute Gasteiger partial charge is 0.339 e. The van der Waals surface area contributed by atoms with Crippen molar-refractivity contribution in [1.29, 1.82) is 0 Å². The summed E-state index contributed by atoms with van der Waals surface area (Å²) in [6, 6.07) is 4.76. The van der Waals surface area contributed by atoms with E-state index in [1.54, 1.807) is 19.1 Å². The van der Waals surface area contributed by atoms with Crippen molar-refractivity contribution in [1.82, 2.24) is 0 Å². The van der Waals surface area contributed by atoms with Gasteiger partial charge in [0.05, 0.1) is 18.4 Å². The summed E-state index contributed by atoms with van der Waals surface area (Å²) in [5, 5.41) is -1.41. The van der Waals surface area contributed by atoms with Gasteiger partial charge in [-0.2, -0.15) is 8.42 Å². The van der Waals surface area contributed by atoms with E-state index in [1.807, 2.05) is 0 Å². The zero-order valence-corrected chi connectivity index (χ0v) is 12.3. The van der Waals surface area contributed by atoms with Gasteiger partial charge in [-0.05, 0) is 18.6 Å². The number of aryl methyl sites for hydroxylation is 1. The van der Waals surface area contributed by atoms with Gasteiger partial charge in [0, 0.05) is 13.0 Å². The zero-order valence-electron chi connectivity index (χ0n) is 11.5. The number of carbonyl (C=O) groups is 2. The number of benzene rings is 1. The van der Waals surface area contributed by atoms with E-state index in [-0.39, 0.29) is 17.8 Å². The highest BCUT2D eigenvalue weighted by molar-refractivity contribution is 7.87. The lowest BCUT2D eigenvalue weighted by atomic mass is 10.1. The molecule has 21 heavy (non-hydrogen) atoms. The molecule has 6 nitrogen and oxygen atoms in total. The Labute approximate surface area is 121 Å². The average Bonchev–Trinajstić information content (AvgIpc) is 2.79. The molecule has 1 unspecified atom stereocenters. The minimum atomic E-state index is -4.81. The number of anilines is 1. The minimum absolute atomic E-state index is 0.141. The van der Waals surface area contributed by atoms with E-state index in [4.69, 9.17) is 0 Å². The highest BCUT2D eigenvalue weighted by Gasteiger charge is 2.40. The molecule has 2 rings (SSSR count). The third-order valence-electron chi connectivity index (χ3n) is 3.40. The van der Waals surface area contributed by atoms with Gasteiger partial charge < -0.3 is 9.64 Å². The SMILES string of the molecule is COC(=O)c1cccc(C)c1N1CC(S(=O)(=O)F)CC1=O. The molecule has 114 valence electrons. The van der Waals surface area contributed by atoms with E-state index in [0.717, 1.165) is 4.90 Å². The van der Waals surface area contributed by atoms with Crippen LogP contribution < -0.4 is 4.90 Å². The highest BCUT2D eigenvalue weighted by atomic mass is 32.3. The first-order chi connectivity index (χ1) is 9.75. The Balaban J connectivity index is 2.48. The Morgan fingerprint density at radius 2 is 2.10 bits per heavy atom. The number of esters is 1. The Morgan fingerprint density at radius 1 is 1.43 bits per heavy atom. The second-order valence-corrected chi connectivity index (χ2v) is 6.39. The first-order valence-corrected chi connectivity index (χ1v) is 7.62. The van der Waals surface area contributed by atoms with Crippen LogP contribution in [0.5, 0.6) is 0 Å². The molecule has 1 heterocycles. The molecule has 1 aromatic rings. The van der Waals surface area contributed by atoms with Crippen LogP contribution in [0.25, 0.3) is 0 Å². The third-order valence-corrected chi connectivity index (χ3v) is 4.51. The Morgan fingerprint density at radius 3 is 2.62 bits per heavy atom. The molecule has 0 aliphatic carbocycles. The number of para-hydroxylation sites is 1. The summed E-state index contributed by atoms with van der Waals surface area (Å²) in [6.07, 6.45) is -0.437. The van der Waals surface area contributed by atoms with E-state index >= 15 is 0 Å². The fraction of sp³-hybridized carbons (Fsp3) is 0.385. The van der Waals surface area contributed by atoms with Crippen molar-refractivity contribution < 1.29 is 26.6 Å². The Kier molecular flexibility index (Phi) is 3.99. The predicted octanol–water partition coefficient (Wildman–Crippen LogP) is 1.19. The first-order valence-electron chi connectivity index (χ1n) is 6.17. The molecule has 0 N–H and O–H groups in total. The van der Waals surface area contributed by atoms with Gasteiger partial charge in [0.15, 0.2) is 0 Å². The summed E-state index contributed by atoms with van der Waals surface area (Å²) in [5.41, 5.74) is 1.01. The van der Waals surface area contributed by atoms with Gasteiger partial charge in [0.1, 0.15) is 5.25 Å². The van der Waals surface area contributed by atoms with E-state index in [1.165, 1.54) is 13.2 Å². The minimum Gasteiger partial charge on any atom is -0.465 e. The van der Waals surface area contributed by atoms with Crippen LogP contribution in [0, 0.1) is 6.92 Å². The number of ether oxygens (including phenoxy) is 1. The van der Waals surface area contributed by atoms with Crippen molar-refractivity contribution in [3.8, 4) is 0 Å². The number of methoxy groups -OCH3 is 1.